The van der Waals surface area contributed by atoms with E-state index in [1.54, 1.807) is 32.6 Å². The van der Waals surface area contributed by atoms with Crippen LogP contribution in [0.1, 0.15) is 78.6 Å². The van der Waals surface area contributed by atoms with E-state index in [1.807, 2.05) is 0 Å². The average Bonchev–Trinajstić information content (AvgIpc) is 2.95. The minimum absolute atomic E-state index is 0.0199. The first-order valence-electron chi connectivity index (χ1n) is 10.2. The van der Waals surface area contributed by atoms with E-state index in [9.17, 15) is 14.4 Å². The first kappa shape index (κ1) is 22.0. The maximum absolute atomic E-state index is 13.1. The van der Waals surface area contributed by atoms with E-state index < -0.39 is 5.97 Å². The highest BCUT2D eigenvalue weighted by Gasteiger charge is 2.31. The summed E-state index contributed by atoms with van der Waals surface area (Å²) in [6.45, 7) is 10.9. The van der Waals surface area contributed by atoms with Crippen LogP contribution in [0.5, 0.6) is 0 Å². The van der Waals surface area contributed by atoms with Crippen molar-refractivity contribution < 1.29 is 19.1 Å². The van der Waals surface area contributed by atoms with Crippen LogP contribution < -0.4 is 5.32 Å². The molecule has 0 radical (unpaired) electrons. The lowest BCUT2D eigenvalue weighted by molar-refractivity contribution is -0.126. The first-order valence-corrected chi connectivity index (χ1v) is 10.2. The minimum atomic E-state index is -0.424. The van der Waals surface area contributed by atoms with Gasteiger partial charge < -0.3 is 19.9 Å². The molecule has 0 spiro atoms. The van der Waals surface area contributed by atoms with Crippen molar-refractivity contribution in [2.45, 2.75) is 66.4 Å². The van der Waals surface area contributed by atoms with Gasteiger partial charge in [-0.2, -0.15) is 0 Å². The smallest absolute Gasteiger partial charge is 0.340 e. The first-order chi connectivity index (χ1) is 13.3. The van der Waals surface area contributed by atoms with E-state index in [2.05, 4.69) is 17.2 Å². The Hall–Kier alpha value is -2.31. The Morgan fingerprint density at radius 3 is 2.64 bits per heavy atom. The number of likely N-dealkylation sites (tertiary alicyclic amines) is 1. The lowest BCUT2D eigenvalue weighted by atomic mass is 9.96. The van der Waals surface area contributed by atoms with E-state index >= 15 is 0 Å². The van der Waals surface area contributed by atoms with Gasteiger partial charge in [-0.25, -0.2) is 4.79 Å². The summed E-state index contributed by atoms with van der Waals surface area (Å²) in [6, 6.07) is 0. The van der Waals surface area contributed by atoms with Gasteiger partial charge >= 0.3 is 5.97 Å². The summed E-state index contributed by atoms with van der Waals surface area (Å²) >= 11 is 0. The number of amides is 2. The standard InChI is InChI=1S/C21H33N3O4/c1-6-7-10-22-19(25)16-9-8-11-24(12-16)20(26)18-14(4)17(15(5)23-18)21(27)28-13(2)3/h13,16,23H,6-12H2,1-5H3,(H,22,25)/t16-/m1/s1. The van der Waals surface area contributed by atoms with Gasteiger partial charge in [0.25, 0.3) is 5.91 Å². The number of esters is 1. The number of hydrogen-bond acceptors (Lipinski definition) is 4. The molecule has 2 heterocycles. The van der Waals surface area contributed by atoms with Gasteiger partial charge in [-0.15, -0.1) is 0 Å². The predicted octanol–water partition coefficient (Wildman–Crippen LogP) is 2.97. The van der Waals surface area contributed by atoms with Crippen molar-refractivity contribution in [3.05, 3.63) is 22.5 Å². The second-order valence-electron chi connectivity index (χ2n) is 7.81. The maximum Gasteiger partial charge on any atom is 0.340 e. The summed E-state index contributed by atoms with van der Waals surface area (Å²) in [7, 11) is 0. The fourth-order valence-electron chi connectivity index (χ4n) is 3.61. The molecule has 156 valence electrons. The summed E-state index contributed by atoms with van der Waals surface area (Å²) in [5, 5.41) is 2.96. The highest BCUT2D eigenvalue weighted by Crippen LogP contribution is 2.24. The molecule has 2 amide bonds. The molecular formula is C21H33N3O4. The van der Waals surface area contributed by atoms with E-state index in [0.29, 0.717) is 42.1 Å². The quantitative estimate of drug-likeness (QED) is 0.552. The van der Waals surface area contributed by atoms with Gasteiger partial charge in [0.05, 0.1) is 17.6 Å². The number of H-pyrrole nitrogens is 1. The zero-order valence-electron chi connectivity index (χ0n) is 17.7. The molecule has 7 nitrogen and oxygen atoms in total. The number of carbonyl (C=O) groups is 3. The van der Waals surface area contributed by atoms with Crippen LogP contribution >= 0.6 is 0 Å². The summed E-state index contributed by atoms with van der Waals surface area (Å²) in [5.41, 5.74) is 2.04. The number of rotatable bonds is 7. The van der Waals surface area contributed by atoms with Gasteiger partial charge in [0.15, 0.2) is 0 Å². The monoisotopic (exact) mass is 391 g/mol. The van der Waals surface area contributed by atoms with Crippen molar-refractivity contribution in [1.82, 2.24) is 15.2 Å². The third-order valence-corrected chi connectivity index (χ3v) is 5.11. The number of aromatic amines is 1. The van der Waals surface area contributed by atoms with E-state index in [4.69, 9.17) is 4.74 Å². The fourth-order valence-corrected chi connectivity index (χ4v) is 3.61. The number of ether oxygens (including phenoxy) is 1. The molecule has 28 heavy (non-hydrogen) atoms. The molecular weight excluding hydrogens is 358 g/mol. The molecule has 0 unspecified atom stereocenters. The van der Waals surface area contributed by atoms with Crippen LogP contribution in [0.25, 0.3) is 0 Å². The molecule has 1 aliphatic heterocycles. The van der Waals surface area contributed by atoms with Crippen molar-refractivity contribution in [2.75, 3.05) is 19.6 Å². The Balaban J connectivity index is 2.11. The number of carbonyl (C=O) groups excluding carboxylic acids is 3. The molecule has 1 aromatic rings. The molecule has 2 N–H and O–H groups in total. The zero-order valence-corrected chi connectivity index (χ0v) is 17.7. The molecule has 0 aliphatic carbocycles. The predicted molar refractivity (Wildman–Crippen MR) is 107 cm³/mol. The number of nitrogens with one attached hydrogen (secondary N) is 2. The normalized spacial score (nSPS) is 16.9. The van der Waals surface area contributed by atoms with Crippen molar-refractivity contribution in [2.24, 2.45) is 5.92 Å². The lowest BCUT2D eigenvalue weighted by Crippen LogP contribution is -2.45. The van der Waals surface area contributed by atoms with Crippen LogP contribution in [0, 0.1) is 19.8 Å². The second kappa shape index (κ2) is 9.75. The summed E-state index contributed by atoms with van der Waals surface area (Å²) in [5.74, 6) is -0.759. The zero-order chi connectivity index (χ0) is 20.8. The maximum atomic E-state index is 13.1. The van der Waals surface area contributed by atoms with Crippen molar-refractivity contribution >= 4 is 17.8 Å². The molecule has 7 heteroatoms. The summed E-state index contributed by atoms with van der Waals surface area (Å²) < 4.78 is 5.29. The Morgan fingerprint density at radius 1 is 1.29 bits per heavy atom. The van der Waals surface area contributed by atoms with Gasteiger partial charge in [-0.1, -0.05) is 13.3 Å². The van der Waals surface area contributed by atoms with E-state index in [0.717, 1.165) is 25.7 Å². The Kier molecular flexibility index (Phi) is 7.66. The van der Waals surface area contributed by atoms with Crippen molar-refractivity contribution in [3.63, 3.8) is 0 Å². The topological polar surface area (TPSA) is 91.5 Å². The summed E-state index contributed by atoms with van der Waals surface area (Å²) in [6.07, 6.45) is 3.34. The van der Waals surface area contributed by atoms with Crippen LogP contribution in [-0.2, 0) is 9.53 Å². The molecule has 2 rings (SSSR count). The van der Waals surface area contributed by atoms with Crippen LogP contribution in [0.3, 0.4) is 0 Å². The van der Waals surface area contributed by atoms with Crippen LogP contribution in [-0.4, -0.2) is 53.4 Å². The molecule has 1 saturated heterocycles. The average molecular weight is 392 g/mol. The van der Waals surface area contributed by atoms with E-state index in [1.165, 1.54) is 0 Å². The second-order valence-corrected chi connectivity index (χ2v) is 7.81. The highest BCUT2D eigenvalue weighted by molar-refractivity contribution is 6.00. The molecule has 0 aromatic carbocycles. The molecule has 0 bridgehead atoms. The number of unbranched alkanes of at least 4 members (excludes halogenated alkanes) is 1. The van der Waals surface area contributed by atoms with Gasteiger partial charge in [0.1, 0.15) is 5.69 Å². The van der Waals surface area contributed by atoms with Gasteiger partial charge in [0, 0.05) is 25.3 Å². The van der Waals surface area contributed by atoms with Crippen molar-refractivity contribution in [3.8, 4) is 0 Å². The Morgan fingerprint density at radius 2 is 2.00 bits per heavy atom. The molecule has 1 atom stereocenters. The van der Waals surface area contributed by atoms with E-state index in [-0.39, 0.29) is 23.8 Å². The largest absolute Gasteiger partial charge is 0.459 e. The van der Waals surface area contributed by atoms with Crippen molar-refractivity contribution in [1.29, 1.82) is 0 Å². The molecule has 1 aromatic heterocycles. The minimum Gasteiger partial charge on any atom is -0.459 e. The summed E-state index contributed by atoms with van der Waals surface area (Å²) in [4.78, 5) is 42.6. The Labute approximate surface area is 167 Å². The molecule has 0 saturated carbocycles. The number of piperidine rings is 1. The van der Waals surface area contributed by atoms with Gasteiger partial charge in [-0.05, 0) is 52.5 Å². The number of nitrogens with zero attached hydrogens (tertiary/aromatic N) is 1. The van der Waals surface area contributed by atoms with Crippen LogP contribution in [0.15, 0.2) is 0 Å². The molecule has 1 fully saturated rings. The number of hydrogen-bond donors (Lipinski definition) is 2. The highest BCUT2D eigenvalue weighted by atomic mass is 16.5. The third kappa shape index (κ3) is 5.14. The lowest BCUT2D eigenvalue weighted by Gasteiger charge is -2.32. The van der Waals surface area contributed by atoms with Gasteiger partial charge in [0.2, 0.25) is 5.91 Å². The van der Waals surface area contributed by atoms with Gasteiger partial charge in [-0.3, -0.25) is 9.59 Å². The molecule has 1 aliphatic rings. The van der Waals surface area contributed by atoms with Crippen LogP contribution in [0.4, 0.5) is 0 Å². The number of aryl methyl sites for hydroxylation is 1. The number of aromatic nitrogens is 1. The SMILES string of the molecule is CCCCNC(=O)[C@@H]1CCCN(C(=O)c2[nH]c(C)c(C(=O)OC(C)C)c2C)C1. The fraction of sp³-hybridized carbons (Fsp3) is 0.667. The Bertz CT molecular complexity index is 723. The third-order valence-electron chi connectivity index (χ3n) is 5.11. The van der Waals surface area contributed by atoms with Crippen LogP contribution in [0.2, 0.25) is 0 Å².